The van der Waals surface area contributed by atoms with E-state index in [2.05, 4.69) is 29.6 Å². The Kier molecular flexibility index (Phi) is 7.44. The topological polar surface area (TPSA) is 75.4 Å². The van der Waals surface area contributed by atoms with Crippen molar-refractivity contribution in [3.05, 3.63) is 35.9 Å². The first-order valence-corrected chi connectivity index (χ1v) is 9.32. The van der Waals surface area contributed by atoms with Crippen LogP contribution in [0.1, 0.15) is 38.7 Å². The van der Waals surface area contributed by atoms with Crippen molar-refractivity contribution in [1.82, 2.24) is 10.2 Å². The zero-order chi connectivity index (χ0) is 18.2. The summed E-state index contributed by atoms with van der Waals surface area (Å²) in [5, 5.41) is 2.66. The van der Waals surface area contributed by atoms with E-state index in [1.807, 2.05) is 24.8 Å². The van der Waals surface area contributed by atoms with Crippen molar-refractivity contribution in [2.24, 2.45) is 17.6 Å². The third-order valence-electron chi connectivity index (χ3n) is 5.09. The predicted octanol–water partition coefficient (Wildman–Crippen LogP) is 1.96. The quantitative estimate of drug-likeness (QED) is 0.793. The van der Waals surface area contributed by atoms with Crippen LogP contribution in [0.25, 0.3) is 0 Å². The van der Waals surface area contributed by atoms with E-state index in [9.17, 15) is 9.59 Å². The van der Waals surface area contributed by atoms with Gasteiger partial charge in [-0.25, -0.2) is 0 Å². The molecule has 1 aromatic rings. The smallest absolute Gasteiger partial charge is 0.241 e. The zero-order valence-corrected chi connectivity index (χ0v) is 15.4. The largest absolute Gasteiger partial charge is 0.346 e. The van der Waals surface area contributed by atoms with Gasteiger partial charge >= 0.3 is 0 Å². The fraction of sp³-hybridized carbons (Fsp3) is 0.600. The number of piperidine rings is 1. The summed E-state index contributed by atoms with van der Waals surface area (Å²) >= 11 is 0. The average Bonchev–Trinajstić information content (AvgIpc) is 2.64. The lowest BCUT2D eigenvalue weighted by atomic mass is 9.90. The number of nitrogens with zero attached hydrogens (tertiary/aromatic N) is 1. The van der Waals surface area contributed by atoms with Gasteiger partial charge in [-0.3, -0.25) is 9.59 Å². The molecule has 25 heavy (non-hydrogen) atoms. The molecule has 1 saturated heterocycles. The van der Waals surface area contributed by atoms with E-state index >= 15 is 0 Å². The van der Waals surface area contributed by atoms with Gasteiger partial charge in [-0.1, -0.05) is 44.2 Å². The molecule has 5 heteroatoms. The molecule has 0 spiro atoms. The van der Waals surface area contributed by atoms with Crippen LogP contribution in [0.3, 0.4) is 0 Å². The third-order valence-corrected chi connectivity index (χ3v) is 5.09. The summed E-state index contributed by atoms with van der Waals surface area (Å²) in [4.78, 5) is 25.9. The maximum Gasteiger partial charge on any atom is 0.241 e. The Hall–Kier alpha value is -1.88. The molecule has 0 saturated carbocycles. The fourth-order valence-corrected chi connectivity index (χ4v) is 3.18. The van der Waals surface area contributed by atoms with E-state index in [0.29, 0.717) is 5.92 Å². The first-order chi connectivity index (χ1) is 12.0. The molecule has 1 fully saturated rings. The third kappa shape index (κ3) is 6.16. The number of likely N-dealkylation sites (tertiary alicyclic amines) is 1. The number of hydrogen-bond acceptors (Lipinski definition) is 3. The second-order valence-electron chi connectivity index (χ2n) is 7.34. The van der Waals surface area contributed by atoms with Gasteiger partial charge in [-0.15, -0.1) is 0 Å². The van der Waals surface area contributed by atoms with Crippen LogP contribution in [0.2, 0.25) is 0 Å². The summed E-state index contributed by atoms with van der Waals surface area (Å²) in [6.07, 6.45) is 4.35. The second-order valence-corrected chi connectivity index (χ2v) is 7.34. The highest BCUT2D eigenvalue weighted by Crippen LogP contribution is 2.22. The SMILES string of the molecule is CC(C)[C@H](N)C(=O)NCC(=O)N1CCC(CCc2ccccc2)CC1. The van der Waals surface area contributed by atoms with E-state index in [-0.39, 0.29) is 24.3 Å². The number of amides is 2. The molecular formula is C20H31N3O2. The standard InChI is InChI=1S/C20H31N3O2/c1-15(2)19(21)20(25)22-14-18(24)23-12-10-17(11-13-23)9-8-16-6-4-3-5-7-16/h3-7,15,17,19H,8-14,21H2,1-2H3,(H,22,25)/t19-/m0/s1. The molecule has 3 N–H and O–H groups in total. The Labute approximate surface area is 151 Å². The van der Waals surface area contributed by atoms with Crippen molar-refractivity contribution >= 4 is 11.8 Å². The van der Waals surface area contributed by atoms with Crippen LogP contribution in [0, 0.1) is 11.8 Å². The number of carbonyl (C=O) groups excluding carboxylic acids is 2. The van der Waals surface area contributed by atoms with E-state index in [1.54, 1.807) is 0 Å². The van der Waals surface area contributed by atoms with Crippen molar-refractivity contribution in [1.29, 1.82) is 0 Å². The Balaban J connectivity index is 1.67. The number of nitrogens with two attached hydrogens (primary N) is 1. The normalized spacial score (nSPS) is 16.7. The molecule has 1 aromatic carbocycles. The van der Waals surface area contributed by atoms with Crippen LogP contribution < -0.4 is 11.1 Å². The van der Waals surface area contributed by atoms with Crippen LogP contribution in [0.5, 0.6) is 0 Å². The molecule has 2 rings (SSSR count). The highest BCUT2D eigenvalue weighted by molar-refractivity contribution is 5.87. The Morgan fingerprint density at radius 2 is 1.84 bits per heavy atom. The number of hydrogen-bond donors (Lipinski definition) is 2. The van der Waals surface area contributed by atoms with Crippen molar-refractivity contribution in [3.63, 3.8) is 0 Å². The number of rotatable bonds is 7. The minimum absolute atomic E-state index is 0.00850. The number of benzene rings is 1. The molecular weight excluding hydrogens is 314 g/mol. The molecule has 5 nitrogen and oxygen atoms in total. The Morgan fingerprint density at radius 1 is 1.20 bits per heavy atom. The first-order valence-electron chi connectivity index (χ1n) is 9.32. The van der Waals surface area contributed by atoms with Crippen LogP contribution in [-0.4, -0.2) is 42.4 Å². The minimum Gasteiger partial charge on any atom is -0.346 e. The molecule has 1 aliphatic rings. The lowest BCUT2D eigenvalue weighted by Gasteiger charge is -2.32. The molecule has 0 aromatic heterocycles. The maximum absolute atomic E-state index is 12.3. The highest BCUT2D eigenvalue weighted by atomic mass is 16.2. The summed E-state index contributed by atoms with van der Waals surface area (Å²) in [5.41, 5.74) is 7.17. The van der Waals surface area contributed by atoms with Gasteiger partial charge in [0.05, 0.1) is 12.6 Å². The molecule has 0 radical (unpaired) electrons. The summed E-state index contributed by atoms with van der Waals surface area (Å²) in [7, 11) is 0. The molecule has 2 amide bonds. The van der Waals surface area contributed by atoms with Gasteiger partial charge in [0.15, 0.2) is 0 Å². The van der Waals surface area contributed by atoms with E-state index in [0.717, 1.165) is 32.4 Å². The van der Waals surface area contributed by atoms with Gasteiger partial charge in [0, 0.05) is 13.1 Å². The summed E-state index contributed by atoms with van der Waals surface area (Å²) in [6, 6.07) is 9.98. The molecule has 0 bridgehead atoms. The van der Waals surface area contributed by atoms with Gasteiger partial charge in [0.25, 0.3) is 0 Å². The fourth-order valence-electron chi connectivity index (χ4n) is 3.18. The molecule has 1 aliphatic heterocycles. The van der Waals surface area contributed by atoms with Gasteiger partial charge in [-0.2, -0.15) is 0 Å². The number of aryl methyl sites for hydroxylation is 1. The van der Waals surface area contributed by atoms with E-state index in [4.69, 9.17) is 5.73 Å². The molecule has 1 atom stereocenters. The van der Waals surface area contributed by atoms with Crippen LogP contribution in [0.15, 0.2) is 30.3 Å². The summed E-state index contributed by atoms with van der Waals surface area (Å²) < 4.78 is 0. The van der Waals surface area contributed by atoms with E-state index in [1.165, 1.54) is 12.0 Å². The van der Waals surface area contributed by atoms with Gasteiger partial charge < -0.3 is 16.0 Å². The van der Waals surface area contributed by atoms with Crippen molar-refractivity contribution in [3.8, 4) is 0 Å². The van der Waals surface area contributed by atoms with Crippen LogP contribution in [0.4, 0.5) is 0 Å². The predicted molar refractivity (Wildman–Crippen MR) is 99.9 cm³/mol. The van der Waals surface area contributed by atoms with Crippen LogP contribution in [-0.2, 0) is 16.0 Å². The monoisotopic (exact) mass is 345 g/mol. The first kappa shape index (κ1) is 19.4. The number of nitrogens with one attached hydrogen (secondary N) is 1. The van der Waals surface area contributed by atoms with Crippen molar-refractivity contribution in [2.75, 3.05) is 19.6 Å². The van der Waals surface area contributed by atoms with Crippen LogP contribution >= 0.6 is 0 Å². The Bertz CT molecular complexity index is 551. The second kappa shape index (κ2) is 9.56. The summed E-state index contributed by atoms with van der Waals surface area (Å²) in [6.45, 7) is 5.40. The Morgan fingerprint density at radius 3 is 2.44 bits per heavy atom. The van der Waals surface area contributed by atoms with Crippen molar-refractivity contribution in [2.45, 2.75) is 45.6 Å². The lowest BCUT2D eigenvalue weighted by Crippen LogP contribution is -2.49. The number of carbonyl (C=O) groups is 2. The minimum atomic E-state index is -0.559. The zero-order valence-electron chi connectivity index (χ0n) is 15.4. The lowest BCUT2D eigenvalue weighted by molar-refractivity contribution is -0.134. The van der Waals surface area contributed by atoms with Gasteiger partial charge in [-0.05, 0) is 43.1 Å². The average molecular weight is 345 g/mol. The molecule has 138 valence electrons. The highest BCUT2D eigenvalue weighted by Gasteiger charge is 2.24. The molecule has 1 heterocycles. The summed E-state index contributed by atoms with van der Waals surface area (Å²) in [5.74, 6) is 0.482. The van der Waals surface area contributed by atoms with Gasteiger partial charge in [0.1, 0.15) is 0 Å². The maximum atomic E-state index is 12.3. The molecule has 0 aliphatic carbocycles. The van der Waals surface area contributed by atoms with Gasteiger partial charge in [0.2, 0.25) is 11.8 Å². The van der Waals surface area contributed by atoms with Crippen molar-refractivity contribution < 1.29 is 9.59 Å². The van der Waals surface area contributed by atoms with E-state index < -0.39 is 6.04 Å². The molecule has 0 unspecified atom stereocenters.